The highest BCUT2D eigenvalue weighted by Crippen LogP contribution is 2.44. The van der Waals surface area contributed by atoms with Crippen molar-refractivity contribution in [3.63, 3.8) is 0 Å². The summed E-state index contributed by atoms with van der Waals surface area (Å²) in [7, 11) is 0. The molecule has 0 bridgehead atoms. The second kappa shape index (κ2) is 8.19. The van der Waals surface area contributed by atoms with E-state index in [1.54, 1.807) is 0 Å². The molecule has 4 rings (SSSR count). The summed E-state index contributed by atoms with van der Waals surface area (Å²) in [6, 6.07) is 10.2. The first-order valence-electron chi connectivity index (χ1n) is 10.1. The van der Waals surface area contributed by atoms with Crippen molar-refractivity contribution < 1.29 is 19.4 Å². The summed E-state index contributed by atoms with van der Waals surface area (Å²) in [5.41, 5.74) is 0.307. The number of benzene rings is 1. The van der Waals surface area contributed by atoms with Gasteiger partial charge in [0.05, 0.1) is 12.0 Å². The molecule has 2 atom stereocenters. The van der Waals surface area contributed by atoms with Gasteiger partial charge >= 0.3 is 5.97 Å². The Hall–Kier alpha value is -1.96. The van der Waals surface area contributed by atoms with Crippen molar-refractivity contribution in [2.45, 2.75) is 25.4 Å². The number of rotatable bonds is 6. The van der Waals surface area contributed by atoms with Crippen LogP contribution in [0.2, 0.25) is 0 Å². The molecule has 3 heterocycles. The lowest BCUT2D eigenvalue weighted by Gasteiger charge is -2.33. The molecule has 7 nitrogen and oxygen atoms in total. The van der Waals surface area contributed by atoms with E-state index in [4.69, 9.17) is 4.74 Å². The minimum absolute atomic E-state index is 0.0503. The molecule has 1 aromatic rings. The number of hydrogen-bond donors (Lipinski definition) is 2. The van der Waals surface area contributed by atoms with E-state index >= 15 is 0 Å². The molecule has 3 saturated heterocycles. The SMILES string of the molecule is O=C(CN1CC2CN(C3CCOCC3)CC2(C(=O)O)C1)NCc1ccccc1. The number of fused-ring (bicyclic) bond motifs is 1. The summed E-state index contributed by atoms with van der Waals surface area (Å²) in [5.74, 6) is -0.695. The van der Waals surface area contributed by atoms with Crippen molar-refractivity contribution in [1.29, 1.82) is 0 Å². The van der Waals surface area contributed by atoms with Crippen LogP contribution in [0.5, 0.6) is 0 Å². The van der Waals surface area contributed by atoms with Gasteiger partial charge < -0.3 is 15.2 Å². The molecule has 2 N–H and O–H groups in total. The quantitative estimate of drug-likeness (QED) is 0.752. The molecule has 0 radical (unpaired) electrons. The predicted molar refractivity (Wildman–Crippen MR) is 104 cm³/mol. The number of carbonyl (C=O) groups is 2. The molecule has 2 unspecified atom stereocenters. The smallest absolute Gasteiger partial charge is 0.312 e. The number of amides is 1. The third-order valence-corrected chi connectivity index (χ3v) is 6.54. The van der Waals surface area contributed by atoms with Crippen LogP contribution in [-0.2, 0) is 20.9 Å². The number of nitrogens with one attached hydrogen (secondary N) is 1. The number of carbonyl (C=O) groups excluding carboxylic acids is 1. The Balaban J connectivity index is 1.33. The van der Waals surface area contributed by atoms with Crippen LogP contribution in [-0.4, -0.2) is 78.8 Å². The zero-order valence-electron chi connectivity index (χ0n) is 16.2. The van der Waals surface area contributed by atoms with Crippen LogP contribution in [0.25, 0.3) is 0 Å². The summed E-state index contributed by atoms with van der Waals surface area (Å²) in [6.07, 6.45) is 1.96. The highest BCUT2D eigenvalue weighted by Gasteiger charge is 2.58. The lowest BCUT2D eigenvalue weighted by molar-refractivity contribution is -0.149. The Morgan fingerprint density at radius 2 is 1.89 bits per heavy atom. The monoisotopic (exact) mass is 387 g/mol. The molecule has 3 aliphatic heterocycles. The molecule has 3 aliphatic rings. The minimum Gasteiger partial charge on any atom is -0.481 e. The average Bonchev–Trinajstić information content (AvgIpc) is 3.23. The summed E-state index contributed by atoms with van der Waals surface area (Å²) in [5, 5.41) is 13.0. The van der Waals surface area contributed by atoms with Gasteiger partial charge in [-0.1, -0.05) is 30.3 Å². The van der Waals surface area contributed by atoms with Gasteiger partial charge in [0.25, 0.3) is 0 Å². The van der Waals surface area contributed by atoms with Crippen molar-refractivity contribution in [1.82, 2.24) is 15.1 Å². The van der Waals surface area contributed by atoms with Gasteiger partial charge in [0.2, 0.25) is 5.91 Å². The molecular formula is C21H29N3O4. The van der Waals surface area contributed by atoms with Crippen LogP contribution in [0.3, 0.4) is 0 Å². The largest absolute Gasteiger partial charge is 0.481 e. The average molecular weight is 387 g/mol. The first-order chi connectivity index (χ1) is 13.6. The van der Waals surface area contributed by atoms with Gasteiger partial charge in [0, 0.05) is 57.9 Å². The Kier molecular flexibility index (Phi) is 5.66. The van der Waals surface area contributed by atoms with Crippen LogP contribution in [0, 0.1) is 11.3 Å². The van der Waals surface area contributed by atoms with Crippen molar-refractivity contribution >= 4 is 11.9 Å². The van der Waals surface area contributed by atoms with Gasteiger partial charge in [-0.3, -0.25) is 19.4 Å². The summed E-state index contributed by atoms with van der Waals surface area (Å²) >= 11 is 0. The van der Waals surface area contributed by atoms with Gasteiger partial charge in [0.1, 0.15) is 0 Å². The molecule has 152 valence electrons. The molecule has 1 aromatic carbocycles. The number of hydrogen-bond acceptors (Lipinski definition) is 5. The second-order valence-corrected chi connectivity index (χ2v) is 8.36. The maximum atomic E-state index is 12.4. The number of ether oxygens (including phenoxy) is 1. The van der Waals surface area contributed by atoms with E-state index in [1.807, 2.05) is 35.2 Å². The van der Waals surface area contributed by atoms with Crippen LogP contribution < -0.4 is 5.32 Å². The predicted octanol–water partition coefficient (Wildman–Crippen LogP) is 0.800. The van der Waals surface area contributed by atoms with E-state index in [0.29, 0.717) is 32.2 Å². The molecule has 0 spiro atoms. The van der Waals surface area contributed by atoms with E-state index in [1.165, 1.54) is 0 Å². The van der Waals surface area contributed by atoms with Gasteiger partial charge in [-0.15, -0.1) is 0 Å². The van der Waals surface area contributed by atoms with E-state index in [-0.39, 0.29) is 18.4 Å². The molecular weight excluding hydrogens is 358 g/mol. The van der Waals surface area contributed by atoms with Crippen molar-refractivity contribution in [3.05, 3.63) is 35.9 Å². The topological polar surface area (TPSA) is 82.1 Å². The van der Waals surface area contributed by atoms with E-state index in [0.717, 1.165) is 38.2 Å². The first-order valence-corrected chi connectivity index (χ1v) is 10.1. The number of carboxylic acids is 1. The normalized spacial score (nSPS) is 28.9. The standard InChI is InChI=1S/C21H29N3O4/c25-19(22-10-16-4-2-1-3-5-16)13-23-11-17-12-24(18-6-8-28-9-7-18)15-21(17,14-23)20(26)27/h1-5,17-18H,6-15H2,(H,22,25)(H,26,27). The van der Waals surface area contributed by atoms with Gasteiger partial charge in [-0.2, -0.15) is 0 Å². The minimum atomic E-state index is -0.752. The molecule has 7 heteroatoms. The molecule has 1 amide bonds. The maximum Gasteiger partial charge on any atom is 0.312 e. The fourth-order valence-electron chi connectivity index (χ4n) is 5.01. The van der Waals surface area contributed by atoms with Gasteiger partial charge in [0.15, 0.2) is 0 Å². The molecule has 0 aromatic heterocycles. The Morgan fingerprint density at radius 3 is 2.57 bits per heavy atom. The number of aliphatic carboxylic acids is 1. The third-order valence-electron chi connectivity index (χ3n) is 6.54. The van der Waals surface area contributed by atoms with Gasteiger partial charge in [-0.05, 0) is 18.4 Å². The summed E-state index contributed by atoms with van der Waals surface area (Å²) in [6.45, 7) is 4.79. The Morgan fingerprint density at radius 1 is 1.14 bits per heavy atom. The molecule has 0 saturated carbocycles. The van der Waals surface area contributed by atoms with Crippen molar-refractivity contribution in [2.24, 2.45) is 11.3 Å². The Bertz CT molecular complexity index is 707. The molecule has 0 aliphatic carbocycles. The number of nitrogens with zero attached hydrogens (tertiary/aromatic N) is 2. The van der Waals surface area contributed by atoms with Gasteiger partial charge in [-0.25, -0.2) is 0 Å². The molecule has 3 fully saturated rings. The third kappa shape index (κ3) is 3.92. The number of carboxylic acid groups (broad SMARTS) is 1. The Labute approximate surface area is 165 Å². The van der Waals surface area contributed by atoms with Crippen molar-refractivity contribution in [3.8, 4) is 0 Å². The van der Waals surface area contributed by atoms with Crippen LogP contribution >= 0.6 is 0 Å². The summed E-state index contributed by atoms with van der Waals surface area (Å²) in [4.78, 5) is 28.9. The number of likely N-dealkylation sites (tertiary alicyclic amines) is 2. The lowest BCUT2D eigenvalue weighted by Crippen LogP contribution is -2.45. The van der Waals surface area contributed by atoms with Crippen LogP contribution in [0.15, 0.2) is 30.3 Å². The maximum absolute atomic E-state index is 12.4. The zero-order chi connectivity index (χ0) is 19.6. The zero-order valence-corrected chi connectivity index (χ0v) is 16.2. The summed E-state index contributed by atoms with van der Waals surface area (Å²) < 4.78 is 5.45. The highest BCUT2D eigenvalue weighted by atomic mass is 16.5. The van der Waals surface area contributed by atoms with E-state index < -0.39 is 11.4 Å². The first kappa shape index (κ1) is 19.4. The fourth-order valence-corrected chi connectivity index (χ4v) is 5.01. The van der Waals surface area contributed by atoms with E-state index in [2.05, 4.69) is 10.2 Å². The highest BCUT2D eigenvalue weighted by molar-refractivity contribution is 5.79. The van der Waals surface area contributed by atoms with Crippen molar-refractivity contribution in [2.75, 3.05) is 45.9 Å². The lowest BCUT2D eigenvalue weighted by atomic mass is 9.81. The van der Waals surface area contributed by atoms with Crippen LogP contribution in [0.4, 0.5) is 0 Å². The van der Waals surface area contributed by atoms with Crippen LogP contribution in [0.1, 0.15) is 18.4 Å². The molecule has 28 heavy (non-hydrogen) atoms. The second-order valence-electron chi connectivity index (χ2n) is 8.36. The van der Waals surface area contributed by atoms with E-state index in [9.17, 15) is 14.7 Å². The fraction of sp³-hybridized carbons (Fsp3) is 0.619.